The molecule has 0 amide bonds. The molecule has 0 aliphatic heterocycles. The van der Waals surface area contributed by atoms with Gasteiger partial charge in [0.15, 0.2) is 16.7 Å². The number of ether oxygens (including phenoxy) is 2. The minimum absolute atomic E-state index is 0.0620. The Labute approximate surface area is 188 Å². The standard InChI is InChI=1S/C23H21N3O3S2/c1-4-12-26-22(27)16-8-5-6-10-18(16)25-23(26)31-14-15-13-30-21(24-15)17-9-7-11-19(28-2)20(17)29-3/h4-11,13H,1,12,14H2,2-3H3. The Morgan fingerprint density at radius 1 is 1.13 bits per heavy atom. The first-order chi connectivity index (χ1) is 15.2. The highest BCUT2D eigenvalue weighted by Gasteiger charge is 2.16. The summed E-state index contributed by atoms with van der Waals surface area (Å²) in [4.78, 5) is 22.4. The molecule has 2 aromatic heterocycles. The second-order valence-electron chi connectivity index (χ2n) is 6.59. The molecule has 0 aliphatic carbocycles. The molecule has 6 nitrogen and oxygen atoms in total. The van der Waals surface area contributed by atoms with E-state index < -0.39 is 0 Å². The Morgan fingerprint density at radius 3 is 2.74 bits per heavy atom. The van der Waals surface area contributed by atoms with Gasteiger partial charge in [-0.25, -0.2) is 9.97 Å². The van der Waals surface area contributed by atoms with E-state index in [9.17, 15) is 4.79 Å². The molecule has 2 aromatic carbocycles. The van der Waals surface area contributed by atoms with Gasteiger partial charge in [0.1, 0.15) is 5.01 Å². The number of thiazole rings is 1. The van der Waals surface area contributed by atoms with Crippen LogP contribution in [0.15, 0.2) is 70.5 Å². The summed E-state index contributed by atoms with van der Waals surface area (Å²) < 4.78 is 12.6. The Hall–Kier alpha value is -3.10. The Kier molecular flexibility index (Phi) is 6.39. The maximum Gasteiger partial charge on any atom is 0.262 e. The fraction of sp³-hybridized carbons (Fsp3) is 0.174. The number of allylic oxidation sites excluding steroid dienone is 1. The van der Waals surface area contributed by atoms with E-state index >= 15 is 0 Å². The van der Waals surface area contributed by atoms with Crippen molar-refractivity contribution in [2.75, 3.05) is 14.2 Å². The molecule has 0 unspecified atom stereocenters. The van der Waals surface area contributed by atoms with Crippen LogP contribution in [0.3, 0.4) is 0 Å². The van der Waals surface area contributed by atoms with E-state index in [1.165, 1.54) is 11.8 Å². The molecule has 0 fully saturated rings. The zero-order chi connectivity index (χ0) is 21.8. The second kappa shape index (κ2) is 9.36. The van der Waals surface area contributed by atoms with Crippen molar-refractivity contribution in [2.24, 2.45) is 0 Å². The van der Waals surface area contributed by atoms with Gasteiger partial charge in [-0.2, -0.15) is 0 Å². The van der Waals surface area contributed by atoms with Crippen molar-refractivity contribution in [1.82, 2.24) is 14.5 Å². The van der Waals surface area contributed by atoms with Crippen LogP contribution in [0.1, 0.15) is 5.69 Å². The third kappa shape index (κ3) is 4.22. The average molecular weight is 452 g/mol. The molecular formula is C23H21N3O3S2. The summed E-state index contributed by atoms with van der Waals surface area (Å²) in [5.41, 5.74) is 2.42. The molecule has 31 heavy (non-hydrogen) atoms. The quantitative estimate of drug-likeness (QED) is 0.213. The van der Waals surface area contributed by atoms with Crippen LogP contribution in [0, 0.1) is 0 Å². The minimum Gasteiger partial charge on any atom is -0.493 e. The van der Waals surface area contributed by atoms with Crippen LogP contribution in [0.2, 0.25) is 0 Å². The number of nitrogens with zero attached hydrogens (tertiary/aromatic N) is 3. The highest BCUT2D eigenvalue weighted by Crippen LogP contribution is 2.39. The lowest BCUT2D eigenvalue weighted by molar-refractivity contribution is 0.356. The van der Waals surface area contributed by atoms with Crippen LogP contribution in [0.4, 0.5) is 0 Å². The van der Waals surface area contributed by atoms with Gasteiger partial charge in [-0.1, -0.05) is 36.0 Å². The van der Waals surface area contributed by atoms with Gasteiger partial charge in [0, 0.05) is 17.7 Å². The molecule has 0 bridgehead atoms. The van der Waals surface area contributed by atoms with Crippen molar-refractivity contribution in [1.29, 1.82) is 0 Å². The maximum atomic E-state index is 12.9. The number of para-hydroxylation sites is 2. The first-order valence-corrected chi connectivity index (χ1v) is 11.4. The predicted octanol–water partition coefficient (Wildman–Crippen LogP) is 5.02. The molecule has 4 rings (SSSR count). The number of methoxy groups -OCH3 is 2. The molecule has 0 N–H and O–H groups in total. The van der Waals surface area contributed by atoms with E-state index in [2.05, 4.69) is 6.58 Å². The van der Waals surface area contributed by atoms with Crippen molar-refractivity contribution < 1.29 is 9.47 Å². The molecule has 0 saturated heterocycles. The third-order valence-electron chi connectivity index (χ3n) is 4.67. The number of hydrogen-bond donors (Lipinski definition) is 0. The van der Waals surface area contributed by atoms with Gasteiger partial charge in [-0.05, 0) is 24.3 Å². The van der Waals surface area contributed by atoms with Crippen LogP contribution in [-0.2, 0) is 12.3 Å². The first kappa shape index (κ1) is 21.1. The second-order valence-corrected chi connectivity index (χ2v) is 8.39. The van der Waals surface area contributed by atoms with Crippen molar-refractivity contribution in [3.63, 3.8) is 0 Å². The maximum absolute atomic E-state index is 12.9. The predicted molar refractivity (Wildman–Crippen MR) is 126 cm³/mol. The smallest absolute Gasteiger partial charge is 0.262 e. The molecule has 0 saturated carbocycles. The van der Waals surface area contributed by atoms with Crippen LogP contribution < -0.4 is 15.0 Å². The fourth-order valence-corrected chi connectivity index (χ4v) is 5.09. The Balaban J connectivity index is 1.63. The topological polar surface area (TPSA) is 66.2 Å². The van der Waals surface area contributed by atoms with Crippen molar-refractivity contribution >= 4 is 34.0 Å². The number of fused-ring (bicyclic) bond motifs is 1. The summed E-state index contributed by atoms with van der Waals surface area (Å²) in [5.74, 6) is 1.92. The molecular weight excluding hydrogens is 430 g/mol. The fourth-order valence-electron chi connectivity index (χ4n) is 3.24. The number of benzene rings is 2. The molecule has 0 atom stereocenters. The average Bonchev–Trinajstić information content (AvgIpc) is 3.28. The first-order valence-electron chi connectivity index (χ1n) is 9.55. The normalized spacial score (nSPS) is 10.9. The SMILES string of the molecule is C=CCn1c(SCc2csc(-c3cccc(OC)c3OC)n2)nc2ccccc2c1=O. The van der Waals surface area contributed by atoms with Crippen LogP contribution in [0.5, 0.6) is 11.5 Å². The van der Waals surface area contributed by atoms with Gasteiger partial charge < -0.3 is 9.47 Å². The van der Waals surface area contributed by atoms with Gasteiger partial charge in [0.2, 0.25) is 0 Å². The zero-order valence-corrected chi connectivity index (χ0v) is 18.8. The van der Waals surface area contributed by atoms with Crippen LogP contribution in [-0.4, -0.2) is 28.8 Å². The lowest BCUT2D eigenvalue weighted by atomic mass is 10.2. The van der Waals surface area contributed by atoms with E-state index in [0.717, 1.165) is 16.3 Å². The summed E-state index contributed by atoms with van der Waals surface area (Å²) >= 11 is 3.03. The molecule has 158 valence electrons. The lowest BCUT2D eigenvalue weighted by Gasteiger charge is -2.11. The van der Waals surface area contributed by atoms with E-state index in [-0.39, 0.29) is 5.56 Å². The monoisotopic (exact) mass is 451 g/mol. The van der Waals surface area contributed by atoms with Gasteiger partial charge in [0.05, 0.1) is 36.4 Å². The van der Waals surface area contributed by atoms with Crippen LogP contribution >= 0.6 is 23.1 Å². The van der Waals surface area contributed by atoms with Crippen molar-refractivity contribution in [3.8, 4) is 22.1 Å². The highest BCUT2D eigenvalue weighted by atomic mass is 32.2. The van der Waals surface area contributed by atoms with Gasteiger partial charge in [0.25, 0.3) is 5.56 Å². The van der Waals surface area contributed by atoms with Crippen molar-refractivity contribution in [2.45, 2.75) is 17.5 Å². The lowest BCUT2D eigenvalue weighted by Crippen LogP contribution is -2.22. The summed E-state index contributed by atoms with van der Waals surface area (Å²) in [7, 11) is 3.24. The largest absolute Gasteiger partial charge is 0.493 e. The highest BCUT2D eigenvalue weighted by molar-refractivity contribution is 7.98. The molecule has 0 aliphatic rings. The van der Waals surface area contributed by atoms with Gasteiger partial charge >= 0.3 is 0 Å². The Morgan fingerprint density at radius 2 is 1.97 bits per heavy atom. The molecule has 4 aromatic rings. The molecule has 8 heteroatoms. The summed E-state index contributed by atoms with van der Waals surface area (Å²) in [6.07, 6.45) is 1.71. The minimum atomic E-state index is -0.0620. The summed E-state index contributed by atoms with van der Waals surface area (Å²) in [5, 5.41) is 4.12. The van der Waals surface area contributed by atoms with E-state index in [0.29, 0.717) is 39.9 Å². The van der Waals surface area contributed by atoms with Crippen molar-refractivity contribution in [3.05, 3.63) is 76.5 Å². The van der Waals surface area contributed by atoms with E-state index in [1.54, 1.807) is 42.3 Å². The third-order valence-corrected chi connectivity index (χ3v) is 6.61. The number of rotatable bonds is 8. The van der Waals surface area contributed by atoms with Gasteiger partial charge in [-0.3, -0.25) is 9.36 Å². The Bertz CT molecular complexity index is 1300. The number of thioether (sulfide) groups is 1. The number of hydrogen-bond acceptors (Lipinski definition) is 7. The zero-order valence-electron chi connectivity index (χ0n) is 17.2. The van der Waals surface area contributed by atoms with Crippen LogP contribution in [0.25, 0.3) is 21.5 Å². The summed E-state index contributed by atoms with van der Waals surface area (Å²) in [6, 6.07) is 13.1. The van der Waals surface area contributed by atoms with E-state index in [4.69, 9.17) is 19.4 Å². The summed E-state index contributed by atoms with van der Waals surface area (Å²) in [6.45, 7) is 4.18. The van der Waals surface area contributed by atoms with E-state index in [1.807, 2.05) is 41.8 Å². The molecule has 2 heterocycles. The molecule has 0 radical (unpaired) electrons. The number of aromatic nitrogens is 3. The molecule has 0 spiro atoms. The van der Waals surface area contributed by atoms with Gasteiger partial charge in [-0.15, -0.1) is 17.9 Å².